The molecule has 1 unspecified atom stereocenters. The highest BCUT2D eigenvalue weighted by Gasteiger charge is 2.25. The van der Waals surface area contributed by atoms with Crippen molar-refractivity contribution in [3.8, 4) is 0 Å². The lowest BCUT2D eigenvalue weighted by atomic mass is 10.1. The molecule has 0 aromatic rings. The molecule has 2 N–H and O–H groups in total. The van der Waals surface area contributed by atoms with E-state index in [0.717, 1.165) is 26.2 Å². The summed E-state index contributed by atoms with van der Waals surface area (Å²) in [5.41, 5.74) is 5.62. The van der Waals surface area contributed by atoms with E-state index in [2.05, 4.69) is 4.90 Å². The monoisotopic (exact) mass is 243 g/mol. The van der Waals surface area contributed by atoms with E-state index < -0.39 is 0 Å². The van der Waals surface area contributed by atoms with E-state index in [1.54, 1.807) is 0 Å². The second kappa shape index (κ2) is 5.59. The van der Waals surface area contributed by atoms with Gasteiger partial charge in [-0.1, -0.05) is 26.1 Å². The normalized spacial score (nSPS) is 19.9. The van der Waals surface area contributed by atoms with Crippen LogP contribution in [0.25, 0.3) is 0 Å². The lowest BCUT2D eigenvalue weighted by Gasteiger charge is -2.38. The fourth-order valence-corrected chi connectivity index (χ4v) is 2.02. The first-order valence-corrected chi connectivity index (χ1v) is 6.16. The number of nitrogens with two attached hydrogens (primary N) is 1. The van der Waals surface area contributed by atoms with Crippen molar-refractivity contribution in [2.45, 2.75) is 26.8 Å². The van der Waals surface area contributed by atoms with Crippen LogP contribution in [0.2, 0.25) is 0 Å². The smallest absolute Gasteiger partial charge is 0.225 e. The average molecular weight is 243 g/mol. The van der Waals surface area contributed by atoms with Gasteiger partial charge in [-0.15, -0.1) is 0 Å². The van der Waals surface area contributed by atoms with Crippen molar-refractivity contribution in [3.05, 3.63) is 0 Å². The molecule has 1 heterocycles. The molecule has 1 aliphatic rings. The molecule has 1 fully saturated rings. The summed E-state index contributed by atoms with van der Waals surface area (Å²) in [4.78, 5) is 16.4. The van der Waals surface area contributed by atoms with Gasteiger partial charge in [0.1, 0.15) is 0 Å². The minimum absolute atomic E-state index is 0.0829. The van der Waals surface area contributed by atoms with Gasteiger partial charge in [-0.25, -0.2) is 0 Å². The first-order chi connectivity index (χ1) is 7.43. The van der Waals surface area contributed by atoms with Crippen LogP contribution in [0, 0.1) is 5.92 Å². The first kappa shape index (κ1) is 13.4. The summed E-state index contributed by atoms with van der Waals surface area (Å²) >= 11 is 4.98. The molecule has 1 rings (SSSR count). The number of hydrogen-bond acceptors (Lipinski definition) is 3. The summed E-state index contributed by atoms with van der Waals surface area (Å²) in [7, 11) is 0. The van der Waals surface area contributed by atoms with Crippen LogP contribution in [0.4, 0.5) is 0 Å². The third-order valence-electron chi connectivity index (χ3n) is 3.08. The summed E-state index contributed by atoms with van der Waals surface area (Å²) in [5.74, 6) is 0.321. The number of carbonyl (C=O) groups is 1. The first-order valence-electron chi connectivity index (χ1n) is 5.75. The number of amides is 1. The Morgan fingerprint density at radius 3 is 2.06 bits per heavy atom. The van der Waals surface area contributed by atoms with Crippen LogP contribution < -0.4 is 5.73 Å². The number of carbonyl (C=O) groups excluding carboxylic acids is 1. The highest BCUT2D eigenvalue weighted by molar-refractivity contribution is 7.80. The number of hydrogen-bond donors (Lipinski definition) is 1. The minimum Gasteiger partial charge on any atom is -0.392 e. The Bertz CT molecular complexity index is 272. The Labute approximate surface area is 103 Å². The van der Waals surface area contributed by atoms with E-state index in [-0.39, 0.29) is 17.9 Å². The molecule has 0 aliphatic carbocycles. The van der Waals surface area contributed by atoms with Crippen LogP contribution in [0.1, 0.15) is 20.8 Å². The van der Waals surface area contributed by atoms with Gasteiger partial charge in [0.05, 0.1) is 11.0 Å². The van der Waals surface area contributed by atoms with Crippen LogP contribution >= 0.6 is 12.2 Å². The van der Waals surface area contributed by atoms with Crippen LogP contribution in [0.3, 0.4) is 0 Å². The molecule has 16 heavy (non-hydrogen) atoms. The van der Waals surface area contributed by atoms with Crippen LogP contribution in [-0.4, -0.2) is 52.9 Å². The van der Waals surface area contributed by atoms with Gasteiger partial charge in [0.2, 0.25) is 5.91 Å². The highest BCUT2D eigenvalue weighted by Crippen LogP contribution is 2.09. The summed E-state index contributed by atoms with van der Waals surface area (Å²) in [6.45, 7) is 9.17. The maximum atomic E-state index is 11.8. The number of nitrogens with zero attached hydrogens (tertiary/aromatic N) is 2. The second-order valence-electron chi connectivity index (χ2n) is 4.59. The molecule has 0 aromatic heterocycles. The highest BCUT2D eigenvalue weighted by atomic mass is 32.1. The summed E-state index contributed by atoms with van der Waals surface area (Å²) in [6.07, 6.45) is 0. The zero-order valence-corrected chi connectivity index (χ0v) is 11.1. The summed E-state index contributed by atoms with van der Waals surface area (Å²) in [6, 6.07) is 0.131. The predicted molar refractivity (Wildman–Crippen MR) is 69.2 cm³/mol. The molecule has 1 atom stereocenters. The van der Waals surface area contributed by atoms with Gasteiger partial charge < -0.3 is 10.6 Å². The standard InChI is InChI=1S/C11H21N3OS/c1-8(2)11(15)14-6-4-13(5-7-14)9(3)10(12)16/h8-9H,4-7H2,1-3H3,(H2,12,16). The molecular weight excluding hydrogens is 222 g/mol. The predicted octanol–water partition coefficient (Wildman–Crippen LogP) is 0.461. The van der Waals surface area contributed by atoms with Gasteiger partial charge in [-0.3, -0.25) is 9.69 Å². The molecule has 0 aromatic carbocycles. The fraction of sp³-hybridized carbons (Fsp3) is 0.818. The van der Waals surface area contributed by atoms with Crippen molar-refractivity contribution < 1.29 is 4.79 Å². The van der Waals surface area contributed by atoms with Gasteiger partial charge in [-0.05, 0) is 6.92 Å². The molecule has 0 spiro atoms. The molecule has 0 bridgehead atoms. The van der Waals surface area contributed by atoms with E-state index in [1.165, 1.54) is 0 Å². The Balaban J connectivity index is 2.45. The Morgan fingerprint density at radius 1 is 1.19 bits per heavy atom. The Hall–Kier alpha value is -0.680. The van der Waals surface area contributed by atoms with Crippen molar-refractivity contribution in [1.29, 1.82) is 0 Å². The van der Waals surface area contributed by atoms with Crippen LogP contribution in [0.5, 0.6) is 0 Å². The molecule has 5 heteroatoms. The van der Waals surface area contributed by atoms with Crippen molar-refractivity contribution in [1.82, 2.24) is 9.80 Å². The zero-order chi connectivity index (χ0) is 12.3. The summed E-state index contributed by atoms with van der Waals surface area (Å²) < 4.78 is 0. The second-order valence-corrected chi connectivity index (χ2v) is 5.07. The van der Waals surface area contributed by atoms with Gasteiger partial charge in [-0.2, -0.15) is 0 Å². The molecule has 1 amide bonds. The van der Waals surface area contributed by atoms with E-state index >= 15 is 0 Å². The minimum atomic E-state index is 0.0829. The average Bonchev–Trinajstić information content (AvgIpc) is 2.27. The van der Waals surface area contributed by atoms with Crippen molar-refractivity contribution in [2.24, 2.45) is 11.7 Å². The quantitative estimate of drug-likeness (QED) is 0.732. The Kier molecular flexibility index (Phi) is 4.68. The largest absolute Gasteiger partial charge is 0.392 e. The lowest BCUT2D eigenvalue weighted by molar-refractivity contribution is -0.136. The van der Waals surface area contributed by atoms with Gasteiger partial charge >= 0.3 is 0 Å². The van der Waals surface area contributed by atoms with Gasteiger partial charge in [0, 0.05) is 32.1 Å². The number of rotatable bonds is 3. The Morgan fingerprint density at radius 2 is 1.69 bits per heavy atom. The topological polar surface area (TPSA) is 49.6 Å². The zero-order valence-electron chi connectivity index (χ0n) is 10.3. The van der Waals surface area contributed by atoms with Crippen LogP contribution in [-0.2, 0) is 4.79 Å². The lowest BCUT2D eigenvalue weighted by Crippen LogP contribution is -2.54. The molecular formula is C11H21N3OS. The summed E-state index contributed by atoms with van der Waals surface area (Å²) in [5, 5.41) is 0. The molecule has 1 saturated heterocycles. The maximum absolute atomic E-state index is 11.8. The van der Waals surface area contributed by atoms with Gasteiger partial charge in [0.15, 0.2) is 0 Å². The van der Waals surface area contributed by atoms with E-state index in [9.17, 15) is 4.79 Å². The van der Waals surface area contributed by atoms with Crippen LogP contribution in [0.15, 0.2) is 0 Å². The molecule has 0 saturated carbocycles. The molecule has 4 nitrogen and oxygen atoms in total. The SMILES string of the molecule is CC(C)C(=O)N1CCN(C(C)C(N)=S)CC1. The number of piperazine rings is 1. The van der Waals surface area contributed by atoms with E-state index in [0.29, 0.717) is 4.99 Å². The van der Waals surface area contributed by atoms with E-state index in [1.807, 2.05) is 25.7 Å². The molecule has 0 radical (unpaired) electrons. The third-order valence-corrected chi connectivity index (χ3v) is 3.42. The molecule has 1 aliphatic heterocycles. The van der Waals surface area contributed by atoms with E-state index in [4.69, 9.17) is 18.0 Å². The maximum Gasteiger partial charge on any atom is 0.225 e. The fourth-order valence-electron chi connectivity index (χ4n) is 1.87. The number of thiocarbonyl (C=S) groups is 1. The third kappa shape index (κ3) is 3.15. The van der Waals surface area contributed by atoms with Gasteiger partial charge in [0.25, 0.3) is 0 Å². The van der Waals surface area contributed by atoms with Crippen molar-refractivity contribution in [2.75, 3.05) is 26.2 Å². The molecule has 92 valence electrons. The van der Waals surface area contributed by atoms with Crippen molar-refractivity contribution >= 4 is 23.1 Å². The van der Waals surface area contributed by atoms with Crippen molar-refractivity contribution in [3.63, 3.8) is 0 Å².